The van der Waals surface area contributed by atoms with Gasteiger partial charge in [-0.15, -0.1) is 11.3 Å². The molecule has 0 radical (unpaired) electrons. The van der Waals surface area contributed by atoms with Crippen LogP contribution < -0.4 is 10.9 Å². The maximum Gasteiger partial charge on any atom is 0.263 e. The Morgan fingerprint density at radius 2 is 1.97 bits per heavy atom. The number of rotatable bonds is 7. The third kappa shape index (κ3) is 4.17. The van der Waals surface area contributed by atoms with Crippen molar-refractivity contribution in [2.24, 2.45) is 0 Å². The second-order valence-corrected chi connectivity index (χ2v) is 10.8. The second-order valence-electron chi connectivity index (χ2n) is 8.69. The van der Waals surface area contributed by atoms with Gasteiger partial charge < -0.3 is 5.32 Å². The minimum atomic E-state index is -0.0223. The normalized spacial score (nSPS) is 15.3. The van der Waals surface area contributed by atoms with Crippen molar-refractivity contribution in [3.05, 3.63) is 56.7 Å². The summed E-state index contributed by atoms with van der Waals surface area (Å²) in [7, 11) is 0. The number of nitrogens with zero attached hydrogens (tertiary/aromatic N) is 2. The molecule has 0 atom stereocenters. The van der Waals surface area contributed by atoms with Gasteiger partial charge in [0.2, 0.25) is 5.91 Å². The zero-order chi connectivity index (χ0) is 22.2. The van der Waals surface area contributed by atoms with Gasteiger partial charge in [-0.05, 0) is 51.7 Å². The quantitative estimate of drug-likeness (QED) is 0.403. The Kier molecular flexibility index (Phi) is 6.26. The molecule has 1 aliphatic rings. The summed E-state index contributed by atoms with van der Waals surface area (Å²) in [6, 6.07) is 10.4. The van der Waals surface area contributed by atoms with Crippen LogP contribution in [0, 0.1) is 13.8 Å². The molecule has 1 fully saturated rings. The van der Waals surface area contributed by atoms with Crippen LogP contribution in [-0.2, 0) is 10.2 Å². The number of aromatic nitrogens is 2. The highest BCUT2D eigenvalue weighted by Crippen LogP contribution is 2.43. The molecule has 0 bridgehead atoms. The van der Waals surface area contributed by atoms with Gasteiger partial charge in [0, 0.05) is 22.9 Å². The summed E-state index contributed by atoms with van der Waals surface area (Å²) in [5, 5.41) is 4.46. The van der Waals surface area contributed by atoms with Crippen molar-refractivity contribution >= 4 is 39.2 Å². The molecule has 1 aliphatic carbocycles. The fourth-order valence-electron chi connectivity index (χ4n) is 4.26. The third-order valence-corrected chi connectivity index (χ3v) is 8.43. The number of aryl methyl sites for hydroxylation is 2. The average molecular weight is 456 g/mol. The highest BCUT2D eigenvalue weighted by molar-refractivity contribution is 7.99. The maximum atomic E-state index is 13.1. The van der Waals surface area contributed by atoms with Gasteiger partial charge in [-0.25, -0.2) is 4.98 Å². The molecule has 5 nitrogen and oxygen atoms in total. The number of thioether (sulfide) groups is 1. The zero-order valence-electron chi connectivity index (χ0n) is 18.5. The molecule has 1 N–H and O–H groups in total. The van der Waals surface area contributed by atoms with Crippen LogP contribution in [0.2, 0.25) is 0 Å². The number of carbonyl (C=O) groups excluding carboxylic acids is 1. The third-order valence-electron chi connectivity index (χ3n) is 6.37. The molecule has 164 valence electrons. The topological polar surface area (TPSA) is 64.0 Å². The zero-order valence-corrected chi connectivity index (χ0v) is 20.2. The molecule has 4 rings (SSSR count). The van der Waals surface area contributed by atoms with Gasteiger partial charge in [-0.1, -0.05) is 48.5 Å². The van der Waals surface area contributed by atoms with Crippen LogP contribution in [-0.4, -0.2) is 27.8 Å². The Labute approximate surface area is 191 Å². The molecule has 1 amide bonds. The van der Waals surface area contributed by atoms with E-state index in [9.17, 15) is 9.59 Å². The van der Waals surface area contributed by atoms with E-state index in [1.54, 1.807) is 15.9 Å². The Bertz CT molecular complexity index is 1160. The summed E-state index contributed by atoms with van der Waals surface area (Å²) in [6.45, 7) is 8.61. The summed E-state index contributed by atoms with van der Waals surface area (Å²) < 4.78 is 1.72. The summed E-state index contributed by atoms with van der Waals surface area (Å²) >= 11 is 2.89. The summed E-state index contributed by atoms with van der Waals surface area (Å²) in [5.41, 5.74) is 2.36. The first-order valence-corrected chi connectivity index (χ1v) is 12.6. The van der Waals surface area contributed by atoms with Crippen molar-refractivity contribution in [1.82, 2.24) is 14.9 Å². The van der Waals surface area contributed by atoms with E-state index in [1.807, 2.05) is 33.8 Å². The molecule has 3 aromatic rings. The predicted octanol–water partition coefficient (Wildman–Crippen LogP) is 4.99. The van der Waals surface area contributed by atoms with E-state index >= 15 is 0 Å². The van der Waals surface area contributed by atoms with Gasteiger partial charge in [0.25, 0.3) is 5.56 Å². The molecule has 0 spiro atoms. The molecule has 1 saturated carbocycles. The molecule has 0 aliphatic heterocycles. The first kappa shape index (κ1) is 22.1. The number of carbonyl (C=O) groups is 1. The molecule has 31 heavy (non-hydrogen) atoms. The predicted molar refractivity (Wildman–Crippen MR) is 129 cm³/mol. The molecule has 0 saturated heterocycles. The minimum Gasteiger partial charge on any atom is -0.354 e. The number of fused-ring (bicyclic) bond motifs is 1. The highest BCUT2D eigenvalue weighted by atomic mass is 32.2. The highest BCUT2D eigenvalue weighted by Gasteiger charge is 2.38. The second kappa shape index (κ2) is 8.79. The standard InChI is InChI=1S/C24H29N3O2S2/c1-15(2)27-22(29)20-16(3)17(4)31-21(20)26-23(27)30-13-19(28)25-14-24(11-8-12-24)18-9-6-5-7-10-18/h5-7,9-10,15H,8,11-14H2,1-4H3,(H,25,28). The Balaban J connectivity index is 1.48. The van der Waals surface area contributed by atoms with E-state index < -0.39 is 0 Å². The first-order chi connectivity index (χ1) is 14.8. The maximum absolute atomic E-state index is 13.1. The van der Waals surface area contributed by atoms with Crippen LogP contribution in [0.4, 0.5) is 0 Å². The van der Waals surface area contributed by atoms with Crippen LogP contribution >= 0.6 is 23.1 Å². The van der Waals surface area contributed by atoms with E-state index in [2.05, 4.69) is 29.6 Å². The summed E-state index contributed by atoms with van der Waals surface area (Å²) in [5.74, 6) is 0.231. The number of hydrogen-bond donors (Lipinski definition) is 1. The van der Waals surface area contributed by atoms with Gasteiger partial charge in [0.05, 0.1) is 11.1 Å². The van der Waals surface area contributed by atoms with Crippen molar-refractivity contribution in [3.8, 4) is 0 Å². The Morgan fingerprint density at radius 3 is 2.58 bits per heavy atom. The molecular weight excluding hydrogens is 426 g/mol. The SMILES string of the molecule is Cc1sc2nc(SCC(=O)NCC3(c4ccccc4)CCC3)n(C(C)C)c(=O)c2c1C. The molecule has 0 unspecified atom stereocenters. The minimum absolute atomic E-state index is 0.0118. The Hall–Kier alpha value is -2.12. The molecule has 1 aromatic carbocycles. The fourth-order valence-corrected chi connectivity index (χ4v) is 6.29. The van der Waals surface area contributed by atoms with Gasteiger partial charge in [0.1, 0.15) is 4.83 Å². The van der Waals surface area contributed by atoms with Crippen molar-refractivity contribution in [1.29, 1.82) is 0 Å². The van der Waals surface area contributed by atoms with Gasteiger partial charge in [-0.2, -0.15) is 0 Å². The average Bonchev–Trinajstić information content (AvgIpc) is 3.00. The molecular formula is C24H29N3O2S2. The van der Waals surface area contributed by atoms with Crippen LogP contribution in [0.1, 0.15) is 55.2 Å². The Morgan fingerprint density at radius 1 is 1.26 bits per heavy atom. The lowest BCUT2D eigenvalue weighted by molar-refractivity contribution is -0.119. The first-order valence-electron chi connectivity index (χ1n) is 10.8. The number of nitrogens with one attached hydrogen (secondary N) is 1. The van der Waals surface area contributed by atoms with E-state index in [-0.39, 0.29) is 28.7 Å². The van der Waals surface area contributed by atoms with Gasteiger partial charge >= 0.3 is 0 Å². The van der Waals surface area contributed by atoms with Crippen molar-refractivity contribution in [2.75, 3.05) is 12.3 Å². The smallest absolute Gasteiger partial charge is 0.263 e. The van der Waals surface area contributed by atoms with Crippen LogP contribution in [0.5, 0.6) is 0 Å². The van der Waals surface area contributed by atoms with Crippen molar-refractivity contribution in [2.45, 2.75) is 63.6 Å². The molecule has 2 heterocycles. The largest absolute Gasteiger partial charge is 0.354 e. The van der Waals surface area contributed by atoms with E-state index in [4.69, 9.17) is 4.98 Å². The van der Waals surface area contributed by atoms with E-state index in [1.165, 1.54) is 23.7 Å². The van der Waals surface area contributed by atoms with Crippen molar-refractivity contribution in [3.63, 3.8) is 0 Å². The summed E-state index contributed by atoms with van der Waals surface area (Å²) in [4.78, 5) is 32.5. The number of thiophene rings is 1. The van der Waals surface area contributed by atoms with Crippen LogP contribution in [0.15, 0.2) is 40.3 Å². The summed E-state index contributed by atoms with van der Waals surface area (Å²) in [6.07, 6.45) is 3.41. The molecule has 2 aromatic heterocycles. The van der Waals surface area contributed by atoms with Crippen molar-refractivity contribution < 1.29 is 4.79 Å². The van der Waals surface area contributed by atoms with Gasteiger partial charge in [0.15, 0.2) is 5.16 Å². The van der Waals surface area contributed by atoms with Gasteiger partial charge in [-0.3, -0.25) is 14.2 Å². The van der Waals surface area contributed by atoms with E-state index in [0.29, 0.717) is 17.1 Å². The number of benzene rings is 1. The lowest BCUT2D eigenvalue weighted by Gasteiger charge is -2.42. The fraction of sp³-hybridized carbons (Fsp3) is 0.458. The lowest BCUT2D eigenvalue weighted by Crippen LogP contribution is -2.46. The van der Waals surface area contributed by atoms with Crippen LogP contribution in [0.25, 0.3) is 10.2 Å². The van der Waals surface area contributed by atoms with Crippen LogP contribution in [0.3, 0.4) is 0 Å². The lowest BCUT2D eigenvalue weighted by atomic mass is 9.64. The molecule has 7 heteroatoms. The van der Waals surface area contributed by atoms with E-state index in [0.717, 1.165) is 28.1 Å². The monoisotopic (exact) mass is 455 g/mol. The number of amides is 1. The number of hydrogen-bond acceptors (Lipinski definition) is 5.